The van der Waals surface area contributed by atoms with Crippen molar-refractivity contribution in [2.45, 2.75) is 19.1 Å². The van der Waals surface area contributed by atoms with Gasteiger partial charge in [0.05, 0.1) is 11.8 Å². The highest BCUT2D eigenvalue weighted by molar-refractivity contribution is 7.10. The average molecular weight is 294 g/mol. The molecule has 0 spiro atoms. The Balaban J connectivity index is 1.68. The van der Waals surface area contributed by atoms with Crippen LogP contribution in [0.25, 0.3) is 0 Å². The molecule has 20 heavy (non-hydrogen) atoms. The molecule has 0 aliphatic carbocycles. The number of thiophene rings is 1. The van der Waals surface area contributed by atoms with E-state index in [4.69, 9.17) is 0 Å². The van der Waals surface area contributed by atoms with E-state index in [1.807, 2.05) is 11.4 Å². The molecule has 0 saturated heterocycles. The minimum Gasteiger partial charge on any atom is -0.435 e. The SMILES string of the molecule is FC(F)Oc1ccc(C2=NNC(c3cccs3)C2)cc1. The molecule has 1 aromatic heterocycles. The summed E-state index contributed by atoms with van der Waals surface area (Å²) >= 11 is 1.69. The Morgan fingerprint density at radius 3 is 2.70 bits per heavy atom. The zero-order valence-corrected chi connectivity index (χ0v) is 11.2. The van der Waals surface area contributed by atoms with E-state index in [1.54, 1.807) is 23.5 Å². The number of benzene rings is 1. The minimum absolute atomic E-state index is 0.158. The van der Waals surface area contributed by atoms with Crippen LogP contribution in [0.15, 0.2) is 46.9 Å². The molecule has 1 aromatic carbocycles. The molecule has 0 amide bonds. The van der Waals surface area contributed by atoms with Crippen LogP contribution in [-0.2, 0) is 0 Å². The molecule has 2 heterocycles. The van der Waals surface area contributed by atoms with E-state index in [-0.39, 0.29) is 11.8 Å². The number of ether oxygens (including phenoxy) is 1. The Morgan fingerprint density at radius 2 is 2.05 bits per heavy atom. The number of halogens is 2. The number of hydrazone groups is 1. The third-order valence-corrected chi connectivity index (χ3v) is 4.04. The number of rotatable bonds is 4. The number of nitrogens with zero attached hydrogens (tertiary/aromatic N) is 1. The number of nitrogens with one attached hydrogen (secondary N) is 1. The summed E-state index contributed by atoms with van der Waals surface area (Å²) in [5, 5.41) is 6.35. The molecule has 104 valence electrons. The standard InChI is InChI=1S/C14H12F2N2OS/c15-14(16)19-10-5-3-9(4-6-10)11-8-12(18-17-11)13-2-1-7-20-13/h1-7,12,14,18H,8H2. The predicted molar refractivity (Wildman–Crippen MR) is 74.4 cm³/mol. The summed E-state index contributed by atoms with van der Waals surface area (Å²) in [6.07, 6.45) is 0.787. The van der Waals surface area contributed by atoms with Gasteiger partial charge in [0.25, 0.3) is 0 Å². The number of hydrogen-bond donors (Lipinski definition) is 1. The second-order valence-electron chi connectivity index (χ2n) is 4.36. The molecule has 0 saturated carbocycles. The van der Waals surface area contributed by atoms with Crippen LogP contribution >= 0.6 is 11.3 Å². The van der Waals surface area contributed by atoms with Crippen LogP contribution in [-0.4, -0.2) is 12.3 Å². The fraction of sp³-hybridized carbons (Fsp3) is 0.214. The van der Waals surface area contributed by atoms with E-state index in [2.05, 4.69) is 21.3 Å². The van der Waals surface area contributed by atoms with Gasteiger partial charge in [-0.3, -0.25) is 0 Å². The first kappa shape index (κ1) is 13.1. The summed E-state index contributed by atoms with van der Waals surface area (Å²) in [6.45, 7) is -2.80. The Labute approximate surface area is 118 Å². The lowest BCUT2D eigenvalue weighted by molar-refractivity contribution is -0.0498. The zero-order valence-electron chi connectivity index (χ0n) is 10.4. The Bertz CT molecular complexity index is 596. The Hall–Kier alpha value is -1.95. The lowest BCUT2D eigenvalue weighted by atomic mass is 10.0. The summed E-state index contributed by atoms with van der Waals surface area (Å²) in [7, 11) is 0. The van der Waals surface area contributed by atoms with Gasteiger partial charge in [-0.05, 0) is 41.3 Å². The smallest absolute Gasteiger partial charge is 0.387 e. The van der Waals surface area contributed by atoms with Crippen LogP contribution in [0.5, 0.6) is 5.75 Å². The van der Waals surface area contributed by atoms with E-state index in [9.17, 15) is 8.78 Å². The van der Waals surface area contributed by atoms with Crippen molar-refractivity contribution in [3.05, 3.63) is 52.2 Å². The van der Waals surface area contributed by atoms with Crippen molar-refractivity contribution >= 4 is 17.0 Å². The summed E-state index contributed by atoms with van der Waals surface area (Å²) in [5.74, 6) is 0.158. The molecule has 1 unspecified atom stereocenters. The first-order valence-electron chi connectivity index (χ1n) is 6.13. The molecule has 0 fully saturated rings. The molecular formula is C14H12F2N2OS. The molecule has 1 N–H and O–H groups in total. The van der Waals surface area contributed by atoms with Gasteiger partial charge in [-0.15, -0.1) is 11.3 Å². The molecular weight excluding hydrogens is 282 g/mol. The maximum Gasteiger partial charge on any atom is 0.387 e. The van der Waals surface area contributed by atoms with Crippen molar-refractivity contribution < 1.29 is 13.5 Å². The van der Waals surface area contributed by atoms with Crippen molar-refractivity contribution in [3.63, 3.8) is 0 Å². The summed E-state index contributed by atoms with van der Waals surface area (Å²) in [4.78, 5) is 1.24. The predicted octanol–water partition coefficient (Wildman–Crippen LogP) is 3.79. The fourth-order valence-corrected chi connectivity index (χ4v) is 2.88. The van der Waals surface area contributed by atoms with E-state index in [0.717, 1.165) is 17.7 Å². The second-order valence-corrected chi connectivity index (χ2v) is 5.34. The Morgan fingerprint density at radius 1 is 1.25 bits per heavy atom. The van der Waals surface area contributed by atoms with Gasteiger partial charge in [0, 0.05) is 11.3 Å². The van der Waals surface area contributed by atoms with Gasteiger partial charge in [0.1, 0.15) is 5.75 Å². The monoisotopic (exact) mass is 294 g/mol. The zero-order chi connectivity index (χ0) is 13.9. The molecule has 1 atom stereocenters. The maximum absolute atomic E-state index is 12.1. The van der Waals surface area contributed by atoms with E-state index < -0.39 is 6.61 Å². The summed E-state index contributed by atoms with van der Waals surface area (Å²) < 4.78 is 28.5. The number of alkyl halides is 2. The normalized spacial score (nSPS) is 17.9. The van der Waals surface area contributed by atoms with Crippen molar-refractivity contribution in [3.8, 4) is 5.75 Å². The van der Waals surface area contributed by atoms with Gasteiger partial charge < -0.3 is 10.2 Å². The lowest BCUT2D eigenvalue weighted by Crippen LogP contribution is -2.07. The molecule has 0 radical (unpaired) electrons. The average Bonchev–Trinajstić information content (AvgIpc) is 3.10. The largest absolute Gasteiger partial charge is 0.435 e. The highest BCUT2D eigenvalue weighted by Crippen LogP contribution is 2.28. The molecule has 6 heteroatoms. The fourth-order valence-electron chi connectivity index (χ4n) is 2.11. The minimum atomic E-state index is -2.80. The van der Waals surface area contributed by atoms with E-state index in [1.165, 1.54) is 17.0 Å². The van der Waals surface area contributed by atoms with Crippen LogP contribution < -0.4 is 10.2 Å². The van der Waals surface area contributed by atoms with Crippen LogP contribution in [0.1, 0.15) is 22.9 Å². The van der Waals surface area contributed by atoms with Crippen molar-refractivity contribution in [1.82, 2.24) is 5.43 Å². The molecule has 3 rings (SSSR count). The molecule has 0 bridgehead atoms. The van der Waals surface area contributed by atoms with Crippen molar-refractivity contribution in [1.29, 1.82) is 0 Å². The summed E-state index contributed by atoms with van der Waals surface area (Å²) in [6, 6.07) is 10.8. The van der Waals surface area contributed by atoms with E-state index >= 15 is 0 Å². The summed E-state index contributed by atoms with van der Waals surface area (Å²) in [5.41, 5.74) is 4.94. The first-order chi connectivity index (χ1) is 9.72. The maximum atomic E-state index is 12.1. The topological polar surface area (TPSA) is 33.6 Å². The number of hydrogen-bond acceptors (Lipinski definition) is 4. The highest BCUT2D eigenvalue weighted by atomic mass is 32.1. The van der Waals surface area contributed by atoms with Gasteiger partial charge in [-0.1, -0.05) is 6.07 Å². The van der Waals surface area contributed by atoms with Gasteiger partial charge in [0.2, 0.25) is 0 Å². The van der Waals surface area contributed by atoms with Crippen LogP contribution in [0, 0.1) is 0 Å². The molecule has 1 aliphatic rings. The van der Waals surface area contributed by atoms with Gasteiger partial charge >= 0.3 is 6.61 Å². The second kappa shape index (κ2) is 5.58. The van der Waals surface area contributed by atoms with Gasteiger partial charge in [0.15, 0.2) is 0 Å². The van der Waals surface area contributed by atoms with Crippen molar-refractivity contribution in [2.24, 2.45) is 5.10 Å². The molecule has 2 aromatic rings. The third-order valence-electron chi connectivity index (χ3n) is 3.05. The van der Waals surface area contributed by atoms with Gasteiger partial charge in [-0.25, -0.2) is 0 Å². The molecule has 3 nitrogen and oxygen atoms in total. The quantitative estimate of drug-likeness (QED) is 0.931. The third kappa shape index (κ3) is 2.80. The van der Waals surface area contributed by atoms with E-state index in [0.29, 0.717) is 0 Å². The molecule has 1 aliphatic heterocycles. The Kier molecular flexibility index (Phi) is 3.64. The van der Waals surface area contributed by atoms with Crippen LogP contribution in [0.4, 0.5) is 8.78 Å². The van der Waals surface area contributed by atoms with Crippen LogP contribution in [0.2, 0.25) is 0 Å². The first-order valence-corrected chi connectivity index (χ1v) is 7.01. The van der Waals surface area contributed by atoms with Crippen molar-refractivity contribution in [2.75, 3.05) is 0 Å². The highest BCUT2D eigenvalue weighted by Gasteiger charge is 2.21. The van der Waals surface area contributed by atoms with Gasteiger partial charge in [-0.2, -0.15) is 13.9 Å². The van der Waals surface area contributed by atoms with Crippen LogP contribution in [0.3, 0.4) is 0 Å². The lowest BCUT2D eigenvalue weighted by Gasteiger charge is -2.07.